The van der Waals surface area contributed by atoms with E-state index in [1.807, 2.05) is 9.91 Å². The van der Waals surface area contributed by atoms with Crippen molar-refractivity contribution in [2.24, 2.45) is 10.8 Å². The SMILES string of the molecule is CN1CCN(NC(=O)C(=O)N2CC3(C)CC2CC(C)(C)C3)CC1. The second-order valence-electron chi connectivity index (χ2n) is 8.88. The third-order valence-electron chi connectivity index (χ3n) is 5.63. The van der Waals surface area contributed by atoms with Crippen molar-refractivity contribution in [2.75, 3.05) is 39.8 Å². The van der Waals surface area contributed by atoms with Crippen LogP contribution in [0.25, 0.3) is 0 Å². The van der Waals surface area contributed by atoms with Crippen LogP contribution in [-0.4, -0.2) is 72.4 Å². The van der Waals surface area contributed by atoms with Gasteiger partial charge in [-0.1, -0.05) is 20.8 Å². The number of hydrazine groups is 1. The van der Waals surface area contributed by atoms with Crippen LogP contribution in [0.1, 0.15) is 40.0 Å². The van der Waals surface area contributed by atoms with E-state index in [-0.39, 0.29) is 22.8 Å². The number of amides is 2. The lowest BCUT2D eigenvalue weighted by molar-refractivity contribution is -0.149. The summed E-state index contributed by atoms with van der Waals surface area (Å²) >= 11 is 0. The number of likely N-dealkylation sites (N-methyl/N-ethyl adjacent to an activating group) is 1. The molecule has 0 spiro atoms. The maximum absolute atomic E-state index is 12.7. The van der Waals surface area contributed by atoms with Gasteiger partial charge in [0.25, 0.3) is 0 Å². The Morgan fingerprint density at radius 1 is 1.04 bits per heavy atom. The van der Waals surface area contributed by atoms with E-state index in [2.05, 4.69) is 38.1 Å². The van der Waals surface area contributed by atoms with E-state index in [1.54, 1.807) is 0 Å². The Morgan fingerprint density at radius 2 is 1.70 bits per heavy atom. The molecule has 0 aromatic heterocycles. The van der Waals surface area contributed by atoms with E-state index < -0.39 is 5.91 Å². The van der Waals surface area contributed by atoms with Crippen molar-refractivity contribution in [2.45, 2.75) is 46.1 Å². The third-order valence-corrected chi connectivity index (χ3v) is 5.63. The molecular formula is C17H30N4O2. The van der Waals surface area contributed by atoms with Gasteiger partial charge in [-0.3, -0.25) is 15.0 Å². The maximum atomic E-state index is 12.7. The summed E-state index contributed by atoms with van der Waals surface area (Å²) < 4.78 is 0. The van der Waals surface area contributed by atoms with E-state index in [0.29, 0.717) is 0 Å². The van der Waals surface area contributed by atoms with Crippen LogP contribution in [0, 0.1) is 10.8 Å². The Morgan fingerprint density at radius 3 is 2.35 bits per heavy atom. The van der Waals surface area contributed by atoms with Crippen LogP contribution in [0.3, 0.4) is 0 Å². The van der Waals surface area contributed by atoms with Crippen molar-refractivity contribution in [1.82, 2.24) is 20.2 Å². The van der Waals surface area contributed by atoms with E-state index in [1.165, 1.54) is 0 Å². The van der Waals surface area contributed by atoms with Gasteiger partial charge in [-0.25, -0.2) is 5.01 Å². The van der Waals surface area contributed by atoms with E-state index in [9.17, 15) is 9.59 Å². The molecule has 1 aliphatic carbocycles. The molecule has 0 aromatic rings. The molecule has 130 valence electrons. The van der Waals surface area contributed by atoms with Crippen molar-refractivity contribution in [1.29, 1.82) is 0 Å². The highest BCUT2D eigenvalue weighted by Gasteiger charge is 2.51. The molecule has 2 amide bonds. The van der Waals surface area contributed by atoms with Crippen LogP contribution in [-0.2, 0) is 9.59 Å². The number of nitrogens with zero attached hydrogens (tertiary/aromatic N) is 3. The molecule has 0 aromatic carbocycles. The van der Waals surface area contributed by atoms with Gasteiger partial charge in [0.1, 0.15) is 0 Å². The van der Waals surface area contributed by atoms with Crippen LogP contribution < -0.4 is 5.43 Å². The second-order valence-corrected chi connectivity index (χ2v) is 8.88. The first-order valence-electron chi connectivity index (χ1n) is 8.73. The highest BCUT2D eigenvalue weighted by atomic mass is 16.2. The summed E-state index contributed by atoms with van der Waals surface area (Å²) in [5.41, 5.74) is 3.22. The van der Waals surface area contributed by atoms with Gasteiger partial charge in [0.2, 0.25) is 0 Å². The molecule has 1 saturated carbocycles. The topological polar surface area (TPSA) is 55.9 Å². The average Bonchev–Trinajstić information content (AvgIpc) is 2.69. The molecule has 0 radical (unpaired) electrons. The number of piperazine rings is 1. The Balaban J connectivity index is 1.61. The molecule has 3 fully saturated rings. The number of nitrogens with one attached hydrogen (secondary N) is 1. The molecule has 3 rings (SSSR count). The minimum absolute atomic E-state index is 0.163. The number of carbonyl (C=O) groups is 2. The van der Waals surface area contributed by atoms with Gasteiger partial charge >= 0.3 is 11.8 Å². The molecule has 2 saturated heterocycles. The van der Waals surface area contributed by atoms with E-state index >= 15 is 0 Å². The molecule has 2 heterocycles. The third kappa shape index (κ3) is 3.53. The fourth-order valence-electron chi connectivity index (χ4n) is 4.94. The number of carbonyl (C=O) groups excluding carboxylic acids is 2. The number of likely N-dealkylation sites (tertiary alicyclic amines) is 1. The summed E-state index contributed by atoms with van der Waals surface area (Å²) in [4.78, 5) is 29.1. The lowest BCUT2D eigenvalue weighted by atomic mass is 9.65. The van der Waals surface area contributed by atoms with Crippen LogP contribution in [0.5, 0.6) is 0 Å². The van der Waals surface area contributed by atoms with Gasteiger partial charge in [0.05, 0.1) is 0 Å². The van der Waals surface area contributed by atoms with Crippen LogP contribution >= 0.6 is 0 Å². The molecule has 1 N–H and O–H groups in total. The summed E-state index contributed by atoms with van der Waals surface area (Å²) in [6, 6.07) is 0.217. The minimum Gasteiger partial charge on any atom is -0.331 e. The van der Waals surface area contributed by atoms with Crippen molar-refractivity contribution in [3.8, 4) is 0 Å². The van der Waals surface area contributed by atoms with Gasteiger partial charge in [-0.15, -0.1) is 0 Å². The summed E-state index contributed by atoms with van der Waals surface area (Å²) in [6.07, 6.45) is 3.15. The lowest BCUT2D eigenvalue weighted by Crippen LogP contribution is -2.56. The Kier molecular flexibility index (Phi) is 4.17. The van der Waals surface area contributed by atoms with E-state index in [0.717, 1.165) is 52.0 Å². The van der Waals surface area contributed by atoms with Gasteiger partial charge in [-0.05, 0) is 37.1 Å². The van der Waals surface area contributed by atoms with Crippen LogP contribution in [0.4, 0.5) is 0 Å². The van der Waals surface area contributed by atoms with Crippen molar-refractivity contribution in [3.05, 3.63) is 0 Å². The second kappa shape index (κ2) is 5.74. The molecule has 2 unspecified atom stereocenters. The minimum atomic E-state index is -0.469. The highest BCUT2D eigenvalue weighted by molar-refractivity contribution is 6.35. The molecule has 2 bridgehead atoms. The maximum Gasteiger partial charge on any atom is 0.323 e. The normalized spacial score (nSPS) is 34.4. The summed E-state index contributed by atoms with van der Waals surface area (Å²) in [5.74, 6) is -0.820. The summed E-state index contributed by atoms with van der Waals surface area (Å²) in [7, 11) is 2.07. The molecule has 2 aliphatic heterocycles. The molecule has 6 heteroatoms. The zero-order chi connectivity index (χ0) is 16.8. The number of rotatable bonds is 1. The smallest absolute Gasteiger partial charge is 0.323 e. The highest BCUT2D eigenvalue weighted by Crippen LogP contribution is 2.52. The zero-order valence-electron chi connectivity index (χ0n) is 14.9. The van der Waals surface area contributed by atoms with Gasteiger partial charge in [-0.2, -0.15) is 0 Å². The molecule has 6 nitrogen and oxygen atoms in total. The van der Waals surface area contributed by atoms with Crippen molar-refractivity contribution >= 4 is 11.8 Å². The first-order valence-corrected chi connectivity index (χ1v) is 8.73. The summed E-state index contributed by atoms with van der Waals surface area (Å²) in [5, 5.41) is 1.87. The molecule has 3 aliphatic rings. The predicted octanol–water partition coefficient (Wildman–Crippen LogP) is 0.692. The lowest BCUT2D eigenvalue weighted by Gasteiger charge is -2.39. The average molecular weight is 322 g/mol. The van der Waals surface area contributed by atoms with Crippen LogP contribution in [0.15, 0.2) is 0 Å². The summed E-state index contributed by atoms with van der Waals surface area (Å²) in [6.45, 7) is 10.9. The number of hydrogen-bond acceptors (Lipinski definition) is 4. The fraction of sp³-hybridized carbons (Fsp3) is 0.882. The number of hydrogen-bond donors (Lipinski definition) is 1. The largest absolute Gasteiger partial charge is 0.331 e. The Bertz CT molecular complexity index is 499. The van der Waals surface area contributed by atoms with Gasteiger partial charge < -0.3 is 9.80 Å². The first-order chi connectivity index (χ1) is 10.7. The Labute approximate surface area is 139 Å². The van der Waals surface area contributed by atoms with Gasteiger partial charge in [0.15, 0.2) is 0 Å². The van der Waals surface area contributed by atoms with Crippen molar-refractivity contribution < 1.29 is 9.59 Å². The number of fused-ring (bicyclic) bond motifs is 2. The monoisotopic (exact) mass is 322 g/mol. The van der Waals surface area contributed by atoms with Crippen LogP contribution in [0.2, 0.25) is 0 Å². The Hall–Kier alpha value is -1.14. The first kappa shape index (κ1) is 16.7. The fourth-order valence-corrected chi connectivity index (χ4v) is 4.94. The van der Waals surface area contributed by atoms with E-state index in [4.69, 9.17) is 0 Å². The standard InChI is InChI=1S/C17H30N4O2/c1-16(2)9-13-10-17(3,11-16)12-21(13)15(23)14(22)18-20-7-5-19(4)6-8-20/h13H,5-12H2,1-4H3,(H,18,22). The van der Waals surface area contributed by atoms with Crippen molar-refractivity contribution in [3.63, 3.8) is 0 Å². The molecule has 2 atom stereocenters. The van der Waals surface area contributed by atoms with Gasteiger partial charge in [0, 0.05) is 38.8 Å². The predicted molar refractivity (Wildman–Crippen MR) is 88.5 cm³/mol. The molecular weight excluding hydrogens is 292 g/mol. The quantitative estimate of drug-likeness (QED) is 0.722. The zero-order valence-corrected chi connectivity index (χ0v) is 14.9. The molecule has 23 heavy (non-hydrogen) atoms.